The molecule has 0 radical (unpaired) electrons. The van der Waals surface area contributed by atoms with Gasteiger partial charge >= 0.3 is 6.18 Å². The Morgan fingerprint density at radius 1 is 1.17 bits per heavy atom. The van der Waals surface area contributed by atoms with Crippen LogP contribution in [0.4, 0.5) is 13.2 Å². The van der Waals surface area contributed by atoms with Gasteiger partial charge in [0.25, 0.3) is 5.91 Å². The van der Waals surface area contributed by atoms with E-state index in [2.05, 4.69) is 9.97 Å². The van der Waals surface area contributed by atoms with Crippen molar-refractivity contribution in [2.45, 2.75) is 12.7 Å². The van der Waals surface area contributed by atoms with E-state index in [1.165, 1.54) is 17.0 Å². The molecule has 0 unspecified atom stereocenters. The molecule has 24 heavy (non-hydrogen) atoms. The van der Waals surface area contributed by atoms with Gasteiger partial charge in [0.2, 0.25) is 0 Å². The first-order valence-electron chi connectivity index (χ1n) is 7.19. The number of halogens is 3. The van der Waals surface area contributed by atoms with Gasteiger partial charge in [-0.2, -0.15) is 13.2 Å². The molecule has 0 atom stereocenters. The highest BCUT2D eigenvalue weighted by atomic mass is 19.4. The van der Waals surface area contributed by atoms with Gasteiger partial charge < -0.3 is 9.88 Å². The number of carbonyl (C=O) groups is 1. The lowest BCUT2D eigenvalue weighted by Crippen LogP contribution is -2.26. The number of carbonyl (C=O) groups excluding carboxylic acids is 1. The number of hydrogen-bond donors (Lipinski definition) is 1. The maximum atomic E-state index is 12.6. The largest absolute Gasteiger partial charge is 0.416 e. The zero-order valence-corrected chi connectivity index (χ0v) is 12.8. The topological polar surface area (TPSA) is 49.0 Å². The average molecular weight is 333 g/mol. The van der Waals surface area contributed by atoms with Crippen LogP contribution in [0, 0.1) is 0 Å². The number of amides is 1. The molecule has 1 heterocycles. The molecular weight excluding hydrogens is 319 g/mol. The molecule has 0 bridgehead atoms. The van der Waals surface area contributed by atoms with Crippen LogP contribution in [0.3, 0.4) is 0 Å². The van der Waals surface area contributed by atoms with Gasteiger partial charge in [0, 0.05) is 19.2 Å². The summed E-state index contributed by atoms with van der Waals surface area (Å²) in [6, 6.07) is 9.91. The number of fused-ring (bicyclic) bond motifs is 1. The summed E-state index contributed by atoms with van der Waals surface area (Å²) in [7, 11) is 1.61. The Kier molecular flexibility index (Phi) is 4.01. The Morgan fingerprint density at radius 2 is 1.88 bits per heavy atom. The van der Waals surface area contributed by atoms with Gasteiger partial charge in [-0.1, -0.05) is 12.1 Å². The third-order valence-corrected chi connectivity index (χ3v) is 3.71. The molecule has 0 fully saturated rings. The van der Waals surface area contributed by atoms with Crippen LogP contribution in [-0.4, -0.2) is 27.8 Å². The van der Waals surface area contributed by atoms with Crippen molar-refractivity contribution in [1.82, 2.24) is 14.9 Å². The summed E-state index contributed by atoms with van der Waals surface area (Å²) in [6.45, 7) is 0.220. The fourth-order valence-electron chi connectivity index (χ4n) is 2.43. The van der Waals surface area contributed by atoms with Crippen molar-refractivity contribution in [1.29, 1.82) is 0 Å². The van der Waals surface area contributed by atoms with E-state index in [-0.39, 0.29) is 12.5 Å². The molecule has 0 aliphatic heterocycles. The summed E-state index contributed by atoms with van der Waals surface area (Å²) < 4.78 is 37.7. The molecular formula is C17H14F3N3O. The molecule has 1 N–H and O–H groups in total. The van der Waals surface area contributed by atoms with Crippen molar-refractivity contribution in [3.8, 4) is 0 Å². The monoisotopic (exact) mass is 333 g/mol. The summed E-state index contributed by atoms with van der Waals surface area (Å²) in [5.41, 5.74) is 1.92. The van der Waals surface area contributed by atoms with Crippen molar-refractivity contribution in [2.24, 2.45) is 0 Å². The number of H-pyrrole nitrogens is 1. The van der Waals surface area contributed by atoms with E-state index in [1.54, 1.807) is 31.6 Å². The third-order valence-electron chi connectivity index (χ3n) is 3.71. The Balaban J connectivity index is 1.73. The molecule has 4 nitrogen and oxygen atoms in total. The van der Waals surface area contributed by atoms with Crippen LogP contribution in [0.1, 0.15) is 21.5 Å². The normalized spacial score (nSPS) is 11.7. The maximum absolute atomic E-state index is 12.6. The van der Waals surface area contributed by atoms with Crippen LogP contribution < -0.4 is 0 Å². The van der Waals surface area contributed by atoms with Crippen LogP contribution >= 0.6 is 0 Å². The molecule has 7 heteroatoms. The van der Waals surface area contributed by atoms with Crippen LogP contribution in [-0.2, 0) is 12.7 Å². The van der Waals surface area contributed by atoms with Crippen LogP contribution in [0.25, 0.3) is 11.0 Å². The molecule has 0 saturated heterocycles. The maximum Gasteiger partial charge on any atom is 0.416 e. The first kappa shape index (κ1) is 16.0. The van der Waals surface area contributed by atoms with Crippen molar-refractivity contribution in [3.63, 3.8) is 0 Å². The standard InChI is InChI=1S/C17H14F3N3O/c1-23(9-11-2-5-13(6-3-11)17(18,19)20)16(24)12-4-7-14-15(8-12)22-10-21-14/h2-8,10H,9H2,1H3,(H,21,22). The predicted octanol–water partition coefficient (Wildman–Crippen LogP) is 3.85. The summed E-state index contributed by atoms with van der Waals surface area (Å²) in [5, 5.41) is 0. The molecule has 1 amide bonds. The second-order valence-corrected chi connectivity index (χ2v) is 5.49. The van der Waals surface area contributed by atoms with Crippen LogP contribution in [0.15, 0.2) is 48.8 Å². The number of benzene rings is 2. The molecule has 124 valence electrons. The minimum atomic E-state index is -4.36. The van der Waals surface area contributed by atoms with Gasteiger partial charge in [-0.15, -0.1) is 0 Å². The van der Waals surface area contributed by atoms with Gasteiger partial charge in [-0.05, 0) is 35.9 Å². The average Bonchev–Trinajstić information content (AvgIpc) is 3.01. The molecule has 0 aliphatic rings. The third kappa shape index (κ3) is 3.24. The summed E-state index contributed by atoms with van der Waals surface area (Å²) in [6.07, 6.45) is -2.81. The second-order valence-electron chi connectivity index (χ2n) is 5.49. The zero-order chi connectivity index (χ0) is 17.3. The van der Waals surface area contributed by atoms with Crippen LogP contribution in [0.5, 0.6) is 0 Å². The highest BCUT2D eigenvalue weighted by Gasteiger charge is 2.30. The first-order valence-corrected chi connectivity index (χ1v) is 7.19. The molecule has 0 spiro atoms. The molecule has 3 aromatic rings. The molecule has 0 aliphatic carbocycles. The van der Waals surface area contributed by atoms with E-state index in [0.717, 1.165) is 23.2 Å². The van der Waals surface area contributed by atoms with Gasteiger partial charge in [0.15, 0.2) is 0 Å². The fraction of sp³-hybridized carbons (Fsp3) is 0.176. The number of alkyl halides is 3. The van der Waals surface area contributed by atoms with Gasteiger partial charge in [-0.3, -0.25) is 4.79 Å². The van der Waals surface area contributed by atoms with Crippen LogP contribution in [0.2, 0.25) is 0 Å². The number of imidazole rings is 1. The fourth-order valence-corrected chi connectivity index (χ4v) is 2.43. The van der Waals surface area contributed by atoms with Crippen molar-refractivity contribution in [2.75, 3.05) is 7.05 Å². The number of rotatable bonds is 3. The molecule has 2 aromatic carbocycles. The van der Waals surface area contributed by atoms with E-state index in [1.807, 2.05) is 0 Å². The Morgan fingerprint density at radius 3 is 2.54 bits per heavy atom. The molecule has 0 saturated carbocycles. The predicted molar refractivity (Wildman–Crippen MR) is 83.3 cm³/mol. The lowest BCUT2D eigenvalue weighted by atomic mass is 10.1. The summed E-state index contributed by atoms with van der Waals surface area (Å²) >= 11 is 0. The number of aromatic amines is 1. The number of aromatic nitrogens is 2. The van der Waals surface area contributed by atoms with Gasteiger partial charge in [0.05, 0.1) is 22.9 Å². The number of hydrogen-bond acceptors (Lipinski definition) is 2. The molecule has 3 rings (SSSR count). The quantitative estimate of drug-likeness (QED) is 0.791. The van der Waals surface area contributed by atoms with E-state index in [0.29, 0.717) is 11.1 Å². The Bertz CT molecular complexity index is 869. The number of nitrogens with one attached hydrogen (secondary N) is 1. The van der Waals surface area contributed by atoms with E-state index in [9.17, 15) is 18.0 Å². The van der Waals surface area contributed by atoms with E-state index >= 15 is 0 Å². The van der Waals surface area contributed by atoms with Crippen molar-refractivity contribution >= 4 is 16.9 Å². The Hall–Kier alpha value is -2.83. The summed E-state index contributed by atoms with van der Waals surface area (Å²) in [5.74, 6) is -0.216. The van der Waals surface area contributed by atoms with E-state index in [4.69, 9.17) is 0 Å². The molecule has 1 aromatic heterocycles. The highest BCUT2D eigenvalue weighted by molar-refractivity contribution is 5.97. The summed E-state index contributed by atoms with van der Waals surface area (Å²) in [4.78, 5) is 20.9. The minimum absolute atomic E-state index is 0.216. The highest BCUT2D eigenvalue weighted by Crippen LogP contribution is 2.29. The minimum Gasteiger partial charge on any atom is -0.345 e. The Labute approximate surface area is 135 Å². The lowest BCUT2D eigenvalue weighted by molar-refractivity contribution is -0.137. The van der Waals surface area contributed by atoms with Gasteiger partial charge in [-0.25, -0.2) is 4.98 Å². The second kappa shape index (κ2) is 5.99. The zero-order valence-electron chi connectivity index (χ0n) is 12.8. The number of nitrogens with zero attached hydrogens (tertiary/aromatic N) is 2. The SMILES string of the molecule is CN(Cc1ccc(C(F)(F)F)cc1)C(=O)c1ccc2nc[nH]c2c1. The van der Waals surface area contributed by atoms with Crippen molar-refractivity contribution in [3.05, 3.63) is 65.5 Å². The smallest absolute Gasteiger partial charge is 0.345 e. The lowest BCUT2D eigenvalue weighted by Gasteiger charge is -2.18. The van der Waals surface area contributed by atoms with Gasteiger partial charge in [0.1, 0.15) is 0 Å². The van der Waals surface area contributed by atoms with Crippen molar-refractivity contribution < 1.29 is 18.0 Å². The van der Waals surface area contributed by atoms with E-state index < -0.39 is 11.7 Å². The first-order chi connectivity index (χ1) is 11.3.